The summed E-state index contributed by atoms with van der Waals surface area (Å²) >= 11 is 0. The molecule has 0 aliphatic heterocycles. The summed E-state index contributed by atoms with van der Waals surface area (Å²) < 4.78 is 0. The van der Waals surface area contributed by atoms with E-state index in [2.05, 4.69) is 12.2 Å². The van der Waals surface area contributed by atoms with Gasteiger partial charge in [0.05, 0.1) is 0 Å². The van der Waals surface area contributed by atoms with Gasteiger partial charge >= 0.3 is 0 Å². The molecule has 0 heterocycles. The van der Waals surface area contributed by atoms with E-state index in [1.54, 1.807) is 6.92 Å². The zero-order valence-corrected chi connectivity index (χ0v) is 11.9. The average Bonchev–Trinajstić information content (AvgIpc) is 2.39. The van der Waals surface area contributed by atoms with Crippen molar-refractivity contribution in [3.63, 3.8) is 0 Å². The Kier molecular flexibility index (Phi) is 4.25. The molecular formula is C16H24N2O. The number of nitrogens with two attached hydrogens (primary N) is 1. The molecule has 1 aromatic rings. The fraction of sp³-hybridized carbons (Fsp3) is 0.562. The number of carbonyl (C=O) groups is 1. The highest BCUT2D eigenvalue weighted by atomic mass is 16.2. The Bertz CT molecular complexity index is 428. The smallest absolute Gasteiger partial charge is 0.244 e. The molecule has 2 rings (SSSR count). The molecular weight excluding hydrogens is 236 g/mol. The van der Waals surface area contributed by atoms with Crippen molar-refractivity contribution in [2.24, 2.45) is 11.7 Å². The fourth-order valence-corrected chi connectivity index (χ4v) is 2.82. The molecule has 1 amide bonds. The number of rotatable bonds is 3. The van der Waals surface area contributed by atoms with Gasteiger partial charge < -0.3 is 11.1 Å². The Hall–Kier alpha value is -1.35. The quantitative estimate of drug-likeness (QED) is 0.877. The first-order valence-corrected chi connectivity index (χ1v) is 7.15. The third-order valence-corrected chi connectivity index (χ3v) is 4.12. The van der Waals surface area contributed by atoms with E-state index in [1.165, 1.54) is 12.8 Å². The van der Waals surface area contributed by atoms with Crippen molar-refractivity contribution in [3.8, 4) is 0 Å². The Morgan fingerprint density at radius 3 is 2.63 bits per heavy atom. The van der Waals surface area contributed by atoms with Gasteiger partial charge in [-0.05, 0) is 31.2 Å². The van der Waals surface area contributed by atoms with Crippen LogP contribution >= 0.6 is 0 Å². The lowest BCUT2D eigenvalue weighted by molar-refractivity contribution is -0.127. The van der Waals surface area contributed by atoms with Gasteiger partial charge in [-0.3, -0.25) is 4.79 Å². The highest BCUT2D eigenvalue weighted by Gasteiger charge is 2.32. The van der Waals surface area contributed by atoms with Gasteiger partial charge in [-0.15, -0.1) is 0 Å². The first-order chi connectivity index (χ1) is 9.00. The van der Waals surface area contributed by atoms with Gasteiger partial charge in [0.2, 0.25) is 5.91 Å². The maximum Gasteiger partial charge on any atom is 0.244 e. The van der Waals surface area contributed by atoms with Crippen LogP contribution in [-0.4, -0.2) is 11.9 Å². The minimum atomic E-state index is -0.956. The Morgan fingerprint density at radius 2 is 2.00 bits per heavy atom. The van der Waals surface area contributed by atoms with E-state index in [0.717, 1.165) is 18.4 Å². The van der Waals surface area contributed by atoms with Crippen molar-refractivity contribution in [1.29, 1.82) is 0 Å². The van der Waals surface area contributed by atoms with E-state index in [-0.39, 0.29) is 11.9 Å². The molecule has 3 heteroatoms. The van der Waals surface area contributed by atoms with Crippen molar-refractivity contribution in [2.75, 3.05) is 0 Å². The second-order valence-corrected chi connectivity index (χ2v) is 6.01. The summed E-state index contributed by atoms with van der Waals surface area (Å²) in [5.74, 6) is 0.623. The molecule has 104 valence electrons. The van der Waals surface area contributed by atoms with E-state index in [0.29, 0.717) is 5.92 Å². The van der Waals surface area contributed by atoms with E-state index >= 15 is 0 Å². The van der Waals surface area contributed by atoms with Crippen LogP contribution in [0.3, 0.4) is 0 Å². The maximum absolute atomic E-state index is 12.4. The topological polar surface area (TPSA) is 55.1 Å². The molecule has 0 radical (unpaired) electrons. The molecule has 0 spiro atoms. The summed E-state index contributed by atoms with van der Waals surface area (Å²) in [5.41, 5.74) is 6.12. The second kappa shape index (κ2) is 5.74. The first-order valence-electron chi connectivity index (χ1n) is 7.15. The molecule has 3 atom stereocenters. The summed E-state index contributed by atoms with van der Waals surface area (Å²) in [6.07, 6.45) is 4.60. The molecule has 0 bridgehead atoms. The normalized spacial score (nSPS) is 26.5. The molecule has 0 aromatic heterocycles. The highest BCUT2D eigenvalue weighted by molar-refractivity contribution is 5.87. The molecule has 3 unspecified atom stereocenters. The number of hydrogen-bond acceptors (Lipinski definition) is 2. The minimum absolute atomic E-state index is 0.0715. The molecule has 3 nitrogen and oxygen atoms in total. The van der Waals surface area contributed by atoms with Crippen molar-refractivity contribution < 1.29 is 4.79 Å². The van der Waals surface area contributed by atoms with Crippen molar-refractivity contribution in [1.82, 2.24) is 5.32 Å². The summed E-state index contributed by atoms with van der Waals surface area (Å²) in [4.78, 5) is 12.4. The zero-order chi connectivity index (χ0) is 13.9. The van der Waals surface area contributed by atoms with Crippen LogP contribution < -0.4 is 11.1 Å². The van der Waals surface area contributed by atoms with Gasteiger partial charge in [-0.25, -0.2) is 0 Å². The van der Waals surface area contributed by atoms with E-state index in [9.17, 15) is 4.79 Å². The zero-order valence-electron chi connectivity index (χ0n) is 11.9. The van der Waals surface area contributed by atoms with Gasteiger partial charge in [0.1, 0.15) is 5.54 Å². The monoisotopic (exact) mass is 260 g/mol. The number of benzene rings is 1. The van der Waals surface area contributed by atoms with Crippen LogP contribution in [0.25, 0.3) is 0 Å². The summed E-state index contributed by atoms with van der Waals surface area (Å²) in [6, 6.07) is 9.85. The number of amides is 1. The lowest BCUT2D eigenvalue weighted by Crippen LogP contribution is -2.52. The van der Waals surface area contributed by atoms with Crippen LogP contribution in [0.15, 0.2) is 30.3 Å². The Balaban J connectivity index is 2.02. The Morgan fingerprint density at radius 1 is 1.32 bits per heavy atom. The lowest BCUT2D eigenvalue weighted by atomic mass is 9.86. The number of nitrogens with one attached hydrogen (secondary N) is 1. The van der Waals surface area contributed by atoms with E-state index < -0.39 is 5.54 Å². The third kappa shape index (κ3) is 3.35. The van der Waals surface area contributed by atoms with Crippen LogP contribution in [0.2, 0.25) is 0 Å². The van der Waals surface area contributed by atoms with Crippen LogP contribution in [0.4, 0.5) is 0 Å². The molecule has 1 aliphatic carbocycles. The van der Waals surface area contributed by atoms with Gasteiger partial charge in [-0.2, -0.15) is 0 Å². The minimum Gasteiger partial charge on any atom is -0.351 e. The average molecular weight is 260 g/mol. The number of hydrogen-bond donors (Lipinski definition) is 2. The molecule has 1 saturated carbocycles. The van der Waals surface area contributed by atoms with Gasteiger partial charge in [0, 0.05) is 6.04 Å². The number of carbonyl (C=O) groups excluding carboxylic acids is 1. The van der Waals surface area contributed by atoms with Crippen molar-refractivity contribution >= 4 is 5.91 Å². The highest BCUT2D eigenvalue weighted by Crippen LogP contribution is 2.25. The lowest BCUT2D eigenvalue weighted by Gasteiger charge is -2.31. The first kappa shape index (κ1) is 14.1. The molecule has 19 heavy (non-hydrogen) atoms. The maximum atomic E-state index is 12.4. The molecule has 3 N–H and O–H groups in total. The van der Waals surface area contributed by atoms with Crippen molar-refractivity contribution in [3.05, 3.63) is 35.9 Å². The van der Waals surface area contributed by atoms with Crippen LogP contribution in [0.1, 0.15) is 45.1 Å². The third-order valence-electron chi connectivity index (χ3n) is 4.12. The van der Waals surface area contributed by atoms with Crippen LogP contribution in [0, 0.1) is 5.92 Å². The SMILES string of the molecule is CC1CCCC(NC(=O)C(C)(N)c2ccccc2)C1. The van der Waals surface area contributed by atoms with Gasteiger partial charge in [0.15, 0.2) is 0 Å². The van der Waals surface area contributed by atoms with Crippen LogP contribution in [0.5, 0.6) is 0 Å². The predicted molar refractivity (Wildman–Crippen MR) is 77.5 cm³/mol. The van der Waals surface area contributed by atoms with Gasteiger partial charge in [-0.1, -0.05) is 50.1 Å². The molecule has 1 aliphatic rings. The summed E-state index contributed by atoms with van der Waals surface area (Å²) in [7, 11) is 0. The van der Waals surface area contributed by atoms with Crippen LogP contribution in [-0.2, 0) is 10.3 Å². The van der Waals surface area contributed by atoms with E-state index in [1.807, 2.05) is 30.3 Å². The largest absolute Gasteiger partial charge is 0.351 e. The van der Waals surface area contributed by atoms with E-state index in [4.69, 9.17) is 5.73 Å². The van der Waals surface area contributed by atoms with Gasteiger partial charge in [0.25, 0.3) is 0 Å². The fourth-order valence-electron chi connectivity index (χ4n) is 2.82. The predicted octanol–water partition coefficient (Wildman–Crippen LogP) is 2.56. The molecule has 1 fully saturated rings. The summed E-state index contributed by atoms with van der Waals surface area (Å²) in [5, 5.41) is 3.12. The standard InChI is InChI=1S/C16H24N2O/c1-12-7-6-10-14(11-12)18-15(19)16(2,17)13-8-4-3-5-9-13/h3-5,8-9,12,14H,6-7,10-11,17H2,1-2H3,(H,18,19). The summed E-state index contributed by atoms with van der Waals surface area (Å²) in [6.45, 7) is 4.03. The Labute approximate surface area is 115 Å². The molecule has 0 saturated heterocycles. The second-order valence-electron chi connectivity index (χ2n) is 6.01. The molecule has 1 aromatic carbocycles. The van der Waals surface area contributed by atoms with Crippen molar-refractivity contribution in [2.45, 2.75) is 51.1 Å².